The van der Waals surface area contributed by atoms with Crippen molar-refractivity contribution >= 4 is 11.8 Å². The van der Waals surface area contributed by atoms with Crippen molar-refractivity contribution in [2.24, 2.45) is 5.92 Å². The number of aryl methyl sites for hydroxylation is 1. The fourth-order valence-electron chi connectivity index (χ4n) is 2.86. The van der Waals surface area contributed by atoms with Crippen molar-refractivity contribution in [2.75, 3.05) is 13.1 Å². The van der Waals surface area contributed by atoms with Gasteiger partial charge in [0.1, 0.15) is 11.5 Å². The molecule has 0 saturated carbocycles. The van der Waals surface area contributed by atoms with Crippen molar-refractivity contribution < 1.29 is 14.0 Å². The number of likely N-dealkylation sites (tertiary alicyclic amines) is 1. The van der Waals surface area contributed by atoms with Crippen LogP contribution < -0.4 is 5.32 Å². The van der Waals surface area contributed by atoms with E-state index >= 15 is 0 Å². The van der Waals surface area contributed by atoms with Gasteiger partial charge in [0.15, 0.2) is 0 Å². The molecule has 1 N–H and O–H groups in total. The minimum Gasteiger partial charge on any atom is -0.466 e. The largest absolute Gasteiger partial charge is 0.466 e. The lowest BCUT2D eigenvalue weighted by molar-refractivity contribution is -0.129. The monoisotopic (exact) mass is 327 g/mol. The zero-order valence-electron chi connectivity index (χ0n) is 13.7. The van der Waals surface area contributed by atoms with Crippen LogP contribution in [0.4, 0.5) is 0 Å². The van der Waals surface area contributed by atoms with Crippen LogP contribution in [0.2, 0.25) is 0 Å². The first-order valence-corrected chi connectivity index (χ1v) is 8.12. The van der Waals surface area contributed by atoms with Gasteiger partial charge < -0.3 is 14.6 Å². The number of hydrogen-bond donors (Lipinski definition) is 1. The van der Waals surface area contributed by atoms with E-state index in [-0.39, 0.29) is 24.2 Å². The normalized spacial score (nSPS) is 17.3. The summed E-state index contributed by atoms with van der Waals surface area (Å²) in [4.78, 5) is 30.3. The Kier molecular flexibility index (Phi) is 4.93. The number of nitrogens with one attached hydrogen (secondary N) is 1. The lowest BCUT2D eigenvalue weighted by Crippen LogP contribution is -2.34. The molecule has 1 aliphatic heterocycles. The highest BCUT2D eigenvalue weighted by atomic mass is 16.3. The second kappa shape index (κ2) is 7.29. The van der Waals surface area contributed by atoms with E-state index in [4.69, 9.17) is 4.42 Å². The number of pyridine rings is 1. The summed E-state index contributed by atoms with van der Waals surface area (Å²) in [5.74, 6) is 1.35. The average molecular weight is 327 g/mol. The van der Waals surface area contributed by atoms with Crippen molar-refractivity contribution in [1.29, 1.82) is 0 Å². The number of rotatable bonds is 6. The van der Waals surface area contributed by atoms with Gasteiger partial charge in [0.05, 0.1) is 18.2 Å². The maximum Gasteiger partial charge on any atom is 0.225 e. The molecule has 0 aromatic carbocycles. The van der Waals surface area contributed by atoms with Crippen LogP contribution in [-0.2, 0) is 22.6 Å². The molecule has 3 heterocycles. The molecule has 6 nitrogen and oxygen atoms in total. The molecule has 1 atom stereocenters. The molecular weight excluding hydrogens is 306 g/mol. The standard InChI is InChI=1S/C18H21N3O3/c1-13-5-6-16(24-13)7-9-20-18(23)14-10-17(22)21(11-14)12-15-4-2-3-8-19-15/h2-6,8,14H,7,9-12H2,1H3,(H,20,23). The molecular formula is C18H21N3O3. The van der Waals surface area contributed by atoms with Gasteiger partial charge >= 0.3 is 0 Å². The van der Waals surface area contributed by atoms with Gasteiger partial charge in [-0.2, -0.15) is 0 Å². The van der Waals surface area contributed by atoms with Gasteiger partial charge in [0, 0.05) is 32.1 Å². The van der Waals surface area contributed by atoms with Gasteiger partial charge in [-0.15, -0.1) is 0 Å². The van der Waals surface area contributed by atoms with E-state index in [1.807, 2.05) is 37.3 Å². The molecule has 0 radical (unpaired) electrons. The van der Waals surface area contributed by atoms with Crippen LogP contribution in [0.25, 0.3) is 0 Å². The van der Waals surface area contributed by atoms with Gasteiger partial charge in [-0.3, -0.25) is 14.6 Å². The molecule has 1 saturated heterocycles. The zero-order chi connectivity index (χ0) is 16.9. The Bertz CT molecular complexity index is 711. The van der Waals surface area contributed by atoms with Crippen LogP contribution >= 0.6 is 0 Å². The number of hydrogen-bond acceptors (Lipinski definition) is 4. The van der Waals surface area contributed by atoms with Crippen LogP contribution in [0.5, 0.6) is 0 Å². The van der Waals surface area contributed by atoms with E-state index in [2.05, 4.69) is 10.3 Å². The van der Waals surface area contributed by atoms with Crippen molar-refractivity contribution in [3.8, 4) is 0 Å². The summed E-state index contributed by atoms with van der Waals surface area (Å²) in [6.45, 7) is 3.30. The van der Waals surface area contributed by atoms with E-state index in [1.165, 1.54) is 0 Å². The summed E-state index contributed by atoms with van der Waals surface area (Å²) in [7, 11) is 0. The minimum atomic E-state index is -0.292. The average Bonchev–Trinajstić information content (AvgIpc) is 3.15. The molecule has 6 heteroatoms. The van der Waals surface area contributed by atoms with E-state index in [9.17, 15) is 9.59 Å². The van der Waals surface area contributed by atoms with E-state index < -0.39 is 0 Å². The third-order valence-electron chi connectivity index (χ3n) is 4.13. The number of nitrogens with zero attached hydrogens (tertiary/aromatic N) is 2. The third kappa shape index (κ3) is 4.01. The highest BCUT2D eigenvalue weighted by Crippen LogP contribution is 2.19. The van der Waals surface area contributed by atoms with Crippen LogP contribution in [0, 0.1) is 12.8 Å². The lowest BCUT2D eigenvalue weighted by atomic mass is 10.1. The summed E-state index contributed by atoms with van der Waals surface area (Å²) >= 11 is 0. The Hall–Kier alpha value is -2.63. The van der Waals surface area contributed by atoms with Gasteiger partial charge in [0.2, 0.25) is 11.8 Å². The molecule has 0 spiro atoms. The molecule has 24 heavy (non-hydrogen) atoms. The molecule has 0 bridgehead atoms. The first-order valence-electron chi connectivity index (χ1n) is 8.12. The molecule has 1 aliphatic rings. The van der Waals surface area contributed by atoms with Gasteiger partial charge in [-0.25, -0.2) is 0 Å². The summed E-state index contributed by atoms with van der Waals surface area (Å²) in [6, 6.07) is 9.43. The molecule has 1 fully saturated rings. The number of aromatic nitrogens is 1. The summed E-state index contributed by atoms with van der Waals surface area (Å²) in [6.07, 6.45) is 2.62. The Morgan fingerprint density at radius 2 is 2.25 bits per heavy atom. The van der Waals surface area contributed by atoms with Crippen molar-refractivity contribution in [2.45, 2.75) is 26.3 Å². The molecule has 0 aliphatic carbocycles. The molecule has 126 valence electrons. The predicted molar refractivity (Wildman–Crippen MR) is 87.9 cm³/mol. The van der Waals surface area contributed by atoms with E-state index in [0.29, 0.717) is 26.1 Å². The fourth-order valence-corrected chi connectivity index (χ4v) is 2.86. The number of furan rings is 1. The van der Waals surface area contributed by atoms with Gasteiger partial charge in [0.25, 0.3) is 0 Å². The number of amides is 2. The van der Waals surface area contributed by atoms with E-state index in [0.717, 1.165) is 17.2 Å². The smallest absolute Gasteiger partial charge is 0.225 e. The second-order valence-corrected chi connectivity index (χ2v) is 6.05. The Morgan fingerprint density at radius 3 is 2.96 bits per heavy atom. The van der Waals surface area contributed by atoms with Crippen LogP contribution in [0.15, 0.2) is 40.9 Å². The minimum absolute atomic E-state index is 0.00228. The Morgan fingerprint density at radius 1 is 1.38 bits per heavy atom. The zero-order valence-corrected chi connectivity index (χ0v) is 13.7. The van der Waals surface area contributed by atoms with Crippen molar-refractivity contribution in [3.63, 3.8) is 0 Å². The molecule has 1 unspecified atom stereocenters. The lowest BCUT2D eigenvalue weighted by Gasteiger charge is -2.16. The first-order chi connectivity index (χ1) is 11.6. The summed E-state index contributed by atoms with van der Waals surface area (Å²) < 4.78 is 5.47. The predicted octanol–water partition coefficient (Wildman–Crippen LogP) is 1.69. The SMILES string of the molecule is Cc1ccc(CCNC(=O)C2CC(=O)N(Cc3ccccn3)C2)o1. The molecule has 2 aromatic rings. The topological polar surface area (TPSA) is 75.4 Å². The second-order valence-electron chi connectivity index (χ2n) is 6.05. The summed E-state index contributed by atoms with van der Waals surface area (Å²) in [5.41, 5.74) is 0.833. The Labute approximate surface area is 140 Å². The van der Waals surface area contributed by atoms with Crippen molar-refractivity contribution in [3.05, 3.63) is 53.7 Å². The van der Waals surface area contributed by atoms with Gasteiger partial charge in [-0.05, 0) is 31.2 Å². The maximum absolute atomic E-state index is 12.2. The highest BCUT2D eigenvalue weighted by molar-refractivity contribution is 5.89. The van der Waals surface area contributed by atoms with E-state index in [1.54, 1.807) is 11.1 Å². The first kappa shape index (κ1) is 16.2. The van der Waals surface area contributed by atoms with Gasteiger partial charge in [-0.1, -0.05) is 6.07 Å². The number of carbonyl (C=O) groups excluding carboxylic acids is 2. The summed E-state index contributed by atoms with van der Waals surface area (Å²) in [5, 5.41) is 2.89. The molecule has 2 aromatic heterocycles. The maximum atomic E-state index is 12.2. The molecule has 2 amide bonds. The third-order valence-corrected chi connectivity index (χ3v) is 4.13. The molecule has 3 rings (SSSR count). The number of carbonyl (C=O) groups is 2. The quantitative estimate of drug-likeness (QED) is 0.876. The fraction of sp³-hybridized carbons (Fsp3) is 0.389. The van der Waals surface area contributed by atoms with Crippen LogP contribution in [0.1, 0.15) is 23.6 Å². The van der Waals surface area contributed by atoms with Crippen LogP contribution in [0.3, 0.4) is 0 Å². The van der Waals surface area contributed by atoms with Crippen LogP contribution in [-0.4, -0.2) is 34.8 Å². The highest BCUT2D eigenvalue weighted by Gasteiger charge is 2.34. The van der Waals surface area contributed by atoms with Crippen molar-refractivity contribution in [1.82, 2.24) is 15.2 Å². The Balaban J connectivity index is 1.47.